The number of carbonyl (C=O) groups is 1. The number of likely N-dealkylation sites (N-methyl/N-ethyl adjacent to an activating group) is 1. The summed E-state index contributed by atoms with van der Waals surface area (Å²) in [6.45, 7) is 7.32. The summed E-state index contributed by atoms with van der Waals surface area (Å²) in [5.74, 6) is 1.30. The van der Waals surface area contributed by atoms with Gasteiger partial charge in [-0.2, -0.15) is 4.98 Å². The third-order valence-corrected chi connectivity index (χ3v) is 7.19. The van der Waals surface area contributed by atoms with Gasteiger partial charge >= 0.3 is 0 Å². The predicted molar refractivity (Wildman–Crippen MR) is 144 cm³/mol. The molecule has 0 spiro atoms. The van der Waals surface area contributed by atoms with E-state index < -0.39 is 0 Å². The molecule has 0 unspecified atom stereocenters. The molecule has 0 aliphatic carbocycles. The number of aliphatic imine (C=N–C) groups is 1. The lowest BCUT2D eigenvalue weighted by Gasteiger charge is -2.35. The first-order valence-corrected chi connectivity index (χ1v) is 12.5. The maximum Gasteiger partial charge on any atom is 0.270 e. The van der Waals surface area contributed by atoms with Crippen molar-refractivity contribution in [3.05, 3.63) is 64.8 Å². The summed E-state index contributed by atoms with van der Waals surface area (Å²) < 4.78 is 0. The van der Waals surface area contributed by atoms with Gasteiger partial charge in [0.15, 0.2) is 5.82 Å². The number of aryl methyl sites for hydroxylation is 1. The van der Waals surface area contributed by atoms with Crippen molar-refractivity contribution in [1.29, 1.82) is 0 Å². The second-order valence-corrected chi connectivity index (χ2v) is 9.68. The van der Waals surface area contributed by atoms with E-state index in [0.717, 1.165) is 37.4 Å². The molecule has 4 heterocycles. The van der Waals surface area contributed by atoms with E-state index in [1.807, 2.05) is 36.1 Å². The SMILES string of the molecule is Cc1cccc(Cl)c1N1C(=O)c2cnc(Nc3ccc(N4CCN(C)CC4)cc3)nc2N2CCN=C21. The molecule has 3 aromatic rings. The van der Waals surface area contributed by atoms with Gasteiger partial charge in [0.05, 0.1) is 17.3 Å². The topological polar surface area (TPSA) is 80.2 Å². The Labute approximate surface area is 215 Å². The van der Waals surface area contributed by atoms with Gasteiger partial charge < -0.3 is 15.1 Å². The van der Waals surface area contributed by atoms with Crippen LogP contribution in [-0.2, 0) is 0 Å². The summed E-state index contributed by atoms with van der Waals surface area (Å²) in [5.41, 5.74) is 4.05. The highest BCUT2D eigenvalue weighted by atomic mass is 35.5. The number of nitrogens with zero attached hydrogens (tertiary/aromatic N) is 7. The van der Waals surface area contributed by atoms with Crippen molar-refractivity contribution in [2.45, 2.75) is 6.92 Å². The fraction of sp³-hybridized carbons (Fsp3) is 0.308. The summed E-state index contributed by atoms with van der Waals surface area (Å²) in [6.07, 6.45) is 1.58. The molecular formula is C26H27ClN8O. The Bertz CT molecular complexity index is 1330. The van der Waals surface area contributed by atoms with Crippen molar-refractivity contribution < 1.29 is 4.79 Å². The van der Waals surface area contributed by atoms with Gasteiger partial charge in [0.25, 0.3) is 5.91 Å². The van der Waals surface area contributed by atoms with Gasteiger partial charge in [-0.3, -0.25) is 14.7 Å². The number of hydrogen-bond donors (Lipinski definition) is 1. The molecule has 1 N–H and O–H groups in total. The van der Waals surface area contributed by atoms with E-state index in [9.17, 15) is 4.79 Å². The fourth-order valence-electron chi connectivity index (χ4n) is 4.89. The Morgan fingerprint density at radius 1 is 1.00 bits per heavy atom. The van der Waals surface area contributed by atoms with Gasteiger partial charge in [-0.15, -0.1) is 0 Å². The number of benzene rings is 2. The van der Waals surface area contributed by atoms with Crippen molar-refractivity contribution in [3.63, 3.8) is 0 Å². The van der Waals surface area contributed by atoms with E-state index >= 15 is 0 Å². The number of anilines is 5. The third-order valence-electron chi connectivity index (χ3n) is 6.88. The van der Waals surface area contributed by atoms with Crippen LogP contribution in [0, 0.1) is 6.92 Å². The van der Waals surface area contributed by atoms with E-state index in [0.29, 0.717) is 47.1 Å². The van der Waals surface area contributed by atoms with Crippen molar-refractivity contribution in [2.75, 3.05) is 66.3 Å². The van der Waals surface area contributed by atoms with Gasteiger partial charge in [0.1, 0.15) is 5.56 Å². The molecule has 0 radical (unpaired) electrons. The molecule has 1 aromatic heterocycles. The lowest BCUT2D eigenvalue weighted by Crippen LogP contribution is -2.51. The Hall–Kier alpha value is -3.69. The second kappa shape index (κ2) is 9.07. The quantitative estimate of drug-likeness (QED) is 0.581. The molecule has 1 amide bonds. The van der Waals surface area contributed by atoms with E-state index in [4.69, 9.17) is 16.6 Å². The Kier molecular flexibility index (Phi) is 5.73. The molecule has 9 nitrogen and oxygen atoms in total. The Morgan fingerprint density at radius 2 is 1.78 bits per heavy atom. The van der Waals surface area contributed by atoms with Gasteiger partial charge in [0, 0.05) is 50.3 Å². The summed E-state index contributed by atoms with van der Waals surface area (Å²) in [6, 6.07) is 13.9. The predicted octanol–water partition coefficient (Wildman–Crippen LogP) is 3.77. The summed E-state index contributed by atoms with van der Waals surface area (Å²) >= 11 is 6.51. The minimum atomic E-state index is -0.235. The van der Waals surface area contributed by atoms with Crippen molar-refractivity contribution in [1.82, 2.24) is 14.9 Å². The Balaban J connectivity index is 1.27. The van der Waals surface area contributed by atoms with Gasteiger partial charge in [-0.25, -0.2) is 9.88 Å². The molecule has 0 bridgehead atoms. The number of carbonyl (C=O) groups excluding carboxylic acids is 1. The van der Waals surface area contributed by atoms with Crippen LogP contribution in [0.2, 0.25) is 5.02 Å². The highest BCUT2D eigenvalue weighted by molar-refractivity contribution is 6.38. The van der Waals surface area contributed by atoms with Crippen LogP contribution in [0.1, 0.15) is 15.9 Å². The van der Waals surface area contributed by atoms with Crippen molar-refractivity contribution >= 4 is 52.3 Å². The minimum Gasteiger partial charge on any atom is -0.369 e. The van der Waals surface area contributed by atoms with Crippen LogP contribution in [0.15, 0.2) is 53.7 Å². The van der Waals surface area contributed by atoms with Gasteiger partial charge in [-0.1, -0.05) is 23.7 Å². The first-order chi connectivity index (χ1) is 17.5. The molecule has 10 heteroatoms. The highest BCUT2D eigenvalue weighted by Gasteiger charge is 2.41. The smallest absolute Gasteiger partial charge is 0.270 e. The number of para-hydroxylation sites is 1. The normalized spacial score (nSPS) is 17.7. The van der Waals surface area contributed by atoms with E-state index in [1.165, 1.54) is 5.69 Å². The number of hydrogen-bond acceptors (Lipinski definition) is 8. The number of nitrogens with one attached hydrogen (secondary N) is 1. The molecule has 1 fully saturated rings. The average molecular weight is 503 g/mol. The Morgan fingerprint density at radius 3 is 2.53 bits per heavy atom. The second-order valence-electron chi connectivity index (χ2n) is 9.27. The first kappa shape index (κ1) is 22.8. The lowest BCUT2D eigenvalue weighted by atomic mass is 10.1. The molecule has 2 aromatic carbocycles. The van der Waals surface area contributed by atoms with Crippen LogP contribution >= 0.6 is 11.6 Å². The highest BCUT2D eigenvalue weighted by Crippen LogP contribution is 2.37. The summed E-state index contributed by atoms with van der Waals surface area (Å²) in [4.78, 5) is 35.7. The number of piperazine rings is 1. The summed E-state index contributed by atoms with van der Waals surface area (Å²) in [7, 11) is 2.16. The van der Waals surface area contributed by atoms with Crippen LogP contribution in [0.5, 0.6) is 0 Å². The van der Waals surface area contributed by atoms with Crippen LogP contribution in [0.25, 0.3) is 0 Å². The zero-order chi connectivity index (χ0) is 24.8. The molecule has 184 valence electrons. The van der Waals surface area contributed by atoms with E-state index in [-0.39, 0.29) is 5.91 Å². The maximum absolute atomic E-state index is 13.6. The number of rotatable bonds is 4. The number of aromatic nitrogens is 2. The summed E-state index contributed by atoms with van der Waals surface area (Å²) in [5, 5.41) is 3.79. The largest absolute Gasteiger partial charge is 0.369 e. The van der Waals surface area contributed by atoms with Crippen LogP contribution in [-0.4, -0.2) is 73.1 Å². The maximum atomic E-state index is 13.6. The molecular weight excluding hydrogens is 476 g/mol. The number of amides is 1. The molecule has 3 aliphatic heterocycles. The fourth-order valence-corrected chi connectivity index (χ4v) is 5.19. The number of halogens is 1. The molecule has 36 heavy (non-hydrogen) atoms. The van der Waals surface area contributed by atoms with E-state index in [1.54, 1.807) is 17.2 Å². The lowest BCUT2D eigenvalue weighted by molar-refractivity contribution is 0.0999. The third kappa shape index (κ3) is 3.94. The van der Waals surface area contributed by atoms with Crippen LogP contribution < -0.4 is 20.0 Å². The molecule has 6 rings (SSSR count). The van der Waals surface area contributed by atoms with E-state index in [2.05, 4.69) is 44.3 Å². The number of fused-ring (bicyclic) bond motifs is 3. The van der Waals surface area contributed by atoms with Crippen molar-refractivity contribution in [3.8, 4) is 0 Å². The zero-order valence-electron chi connectivity index (χ0n) is 20.3. The average Bonchev–Trinajstić information content (AvgIpc) is 3.37. The van der Waals surface area contributed by atoms with Gasteiger partial charge in [-0.05, 0) is 49.9 Å². The van der Waals surface area contributed by atoms with Crippen molar-refractivity contribution in [2.24, 2.45) is 4.99 Å². The number of guanidine groups is 1. The zero-order valence-corrected chi connectivity index (χ0v) is 21.0. The minimum absolute atomic E-state index is 0.235. The monoisotopic (exact) mass is 502 g/mol. The van der Waals surface area contributed by atoms with Gasteiger partial charge in [0.2, 0.25) is 11.9 Å². The van der Waals surface area contributed by atoms with Crippen LogP contribution in [0.3, 0.4) is 0 Å². The van der Waals surface area contributed by atoms with Crippen LogP contribution in [0.4, 0.5) is 28.8 Å². The molecule has 1 saturated heterocycles. The first-order valence-electron chi connectivity index (χ1n) is 12.1. The molecule has 0 atom stereocenters. The molecule has 0 saturated carbocycles. The standard InChI is InChI=1S/C26H27ClN8O/c1-17-4-3-5-21(27)22(17)35-24(36)20-16-29-25(31-23(20)34-11-10-28-26(34)35)30-18-6-8-19(9-7-18)33-14-12-32(2)13-15-33/h3-9,16H,10-15H2,1-2H3,(H,29,30,31). The molecule has 3 aliphatic rings.